The van der Waals surface area contributed by atoms with Gasteiger partial charge in [-0.1, -0.05) is 37.5 Å². The number of nitrogens with one attached hydrogen (secondary N) is 2. The smallest absolute Gasteiger partial charge is 0.246 e. The Morgan fingerprint density at radius 3 is 2.55 bits per heavy atom. The van der Waals surface area contributed by atoms with Crippen molar-refractivity contribution in [1.29, 1.82) is 0 Å². The fourth-order valence-corrected chi connectivity index (χ4v) is 7.37. The molecule has 5 atom stereocenters. The molecule has 40 heavy (non-hydrogen) atoms. The lowest BCUT2D eigenvalue weighted by Crippen LogP contribution is -2.56. The highest BCUT2D eigenvalue weighted by molar-refractivity contribution is 6.02. The molecule has 1 aliphatic carbocycles. The number of carbonyl (C=O) groups excluding carboxylic acids is 3. The van der Waals surface area contributed by atoms with Gasteiger partial charge in [0.1, 0.15) is 11.6 Å². The fourth-order valence-electron chi connectivity index (χ4n) is 7.37. The van der Waals surface area contributed by atoms with Crippen LogP contribution in [0.2, 0.25) is 0 Å². The Bertz CT molecular complexity index is 1170. The SMILES string of the molecule is Cc1ccc(NC(=O)[C@@H]2[C@@H]3C=C[C@]4(O3)[C@@H]2C(=O)N(CCCN2CCOCC2)[C@@H]4C(=O)NC2CCCCC2)cc1C. The summed E-state index contributed by atoms with van der Waals surface area (Å²) in [6.07, 6.45) is 9.31. The standard InChI is InChI=1S/C31H42N4O5/c1-20-9-10-23(19-21(20)2)33-28(36)25-24-11-12-31(40-24)26(25)30(38)35(14-6-13-34-15-17-39-18-16-34)27(31)29(37)32-22-7-4-3-5-8-22/h9-12,19,22,24-27H,3-8,13-18H2,1-2H3,(H,32,37)(H,33,36)/t24-,25+,26-,27+,31-/m0/s1. The highest BCUT2D eigenvalue weighted by Gasteiger charge is 2.72. The Morgan fingerprint density at radius 1 is 1.02 bits per heavy atom. The van der Waals surface area contributed by atoms with Crippen LogP contribution in [0.5, 0.6) is 0 Å². The van der Waals surface area contributed by atoms with Crippen molar-refractivity contribution in [1.82, 2.24) is 15.1 Å². The maximum absolute atomic E-state index is 14.1. The predicted octanol–water partition coefficient (Wildman–Crippen LogP) is 2.56. The average Bonchev–Trinajstić information content (AvgIpc) is 3.59. The van der Waals surface area contributed by atoms with Crippen LogP contribution in [0.15, 0.2) is 30.4 Å². The maximum atomic E-state index is 14.1. The van der Waals surface area contributed by atoms with E-state index in [9.17, 15) is 14.4 Å². The monoisotopic (exact) mass is 550 g/mol. The summed E-state index contributed by atoms with van der Waals surface area (Å²) >= 11 is 0. The van der Waals surface area contributed by atoms with E-state index in [2.05, 4.69) is 15.5 Å². The summed E-state index contributed by atoms with van der Waals surface area (Å²) in [5, 5.41) is 6.30. The fraction of sp³-hybridized carbons (Fsp3) is 0.645. The van der Waals surface area contributed by atoms with Crippen molar-refractivity contribution in [3.8, 4) is 0 Å². The molecule has 4 aliphatic heterocycles. The summed E-state index contributed by atoms with van der Waals surface area (Å²) in [6.45, 7) is 8.51. The number of aryl methyl sites for hydroxylation is 2. The molecule has 1 spiro atoms. The van der Waals surface area contributed by atoms with E-state index in [-0.39, 0.29) is 23.8 Å². The predicted molar refractivity (Wildman–Crippen MR) is 151 cm³/mol. The Morgan fingerprint density at radius 2 is 1.80 bits per heavy atom. The minimum atomic E-state index is -1.12. The Balaban J connectivity index is 1.24. The van der Waals surface area contributed by atoms with Crippen molar-refractivity contribution in [3.63, 3.8) is 0 Å². The van der Waals surface area contributed by atoms with Crippen molar-refractivity contribution in [2.45, 2.75) is 76.2 Å². The van der Waals surface area contributed by atoms with Crippen LogP contribution in [0.4, 0.5) is 5.69 Å². The lowest BCUT2D eigenvalue weighted by atomic mass is 9.74. The van der Waals surface area contributed by atoms with Crippen molar-refractivity contribution < 1.29 is 23.9 Å². The van der Waals surface area contributed by atoms with Crippen molar-refractivity contribution in [2.24, 2.45) is 11.8 Å². The van der Waals surface area contributed by atoms with Crippen LogP contribution in [0.1, 0.15) is 49.7 Å². The van der Waals surface area contributed by atoms with Gasteiger partial charge in [0.25, 0.3) is 0 Å². The molecule has 6 rings (SSSR count). The number of hydrogen-bond donors (Lipinski definition) is 2. The molecule has 9 nitrogen and oxygen atoms in total. The number of hydrogen-bond acceptors (Lipinski definition) is 6. The minimum absolute atomic E-state index is 0.119. The number of rotatable bonds is 8. The van der Waals surface area contributed by atoms with E-state index >= 15 is 0 Å². The number of ether oxygens (including phenoxy) is 2. The van der Waals surface area contributed by atoms with E-state index < -0.39 is 29.6 Å². The van der Waals surface area contributed by atoms with Gasteiger partial charge in [-0.3, -0.25) is 19.3 Å². The zero-order valence-electron chi connectivity index (χ0n) is 23.7. The molecule has 0 aromatic heterocycles. The van der Waals surface area contributed by atoms with Crippen molar-refractivity contribution in [2.75, 3.05) is 44.7 Å². The Labute approximate surface area is 236 Å². The quantitative estimate of drug-likeness (QED) is 0.483. The first-order valence-corrected chi connectivity index (χ1v) is 15.0. The molecule has 1 aromatic rings. The molecule has 2 N–H and O–H groups in total. The zero-order valence-corrected chi connectivity index (χ0v) is 23.7. The molecule has 3 amide bonds. The van der Waals surface area contributed by atoms with Gasteiger partial charge < -0.3 is 25.0 Å². The van der Waals surface area contributed by atoms with Crippen LogP contribution >= 0.6 is 0 Å². The summed E-state index contributed by atoms with van der Waals surface area (Å²) in [4.78, 5) is 45.8. The molecular formula is C31H42N4O5. The number of carbonyl (C=O) groups is 3. The van der Waals surface area contributed by atoms with E-state index in [1.807, 2.05) is 44.2 Å². The van der Waals surface area contributed by atoms with Gasteiger partial charge in [0.15, 0.2) is 0 Å². The molecular weight excluding hydrogens is 508 g/mol. The van der Waals surface area contributed by atoms with Crippen LogP contribution in [0.3, 0.4) is 0 Å². The number of likely N-dealkylation sites (tertiary alicyclic amines) is 1. The van der Waals surface area contributed by atoms with Crippen molar-refractivity contribution in [3.05, 3.63) is 41.5 Å². The first-order valence-electron chi connectivity index (χ1n) is 15.0. The van der Waals surface area contributed by atoms with Crippen molar-refractivity contribution >= 4 is 23.4 Å². The Kier molecular flexibility index (Phi) is 7.72. The van der Waals surface area contributed by atoms with E-state index in [0.29, 0.717) is 12.2 Å². The van der Waals surface area contributed by atoms with Gasteiger partial charge in [-0.25, -0.2) is 0 Å². The molecule has 0 unspecified atom stereocenters. The van der Waals surface area contributed by atoms with Gasteiger partial charge >= 0.3 is 0 Å². The lowest BCUT2D eigenvalue weighted by Gasteiger charge is -2.34. The van der Waals surface area contributed by atoms with Gasteiger partial charge in [0.05, 0.1) is 31.2 Å². The molecule has 4 fully saturated rings. The van der Waals surface area contributed by atoms with Crippen LogP contribution in [-0.4, -0.2) is 90.7 Å². The normalized spacial score (nSPS) is 31.9. The molecule has 4 heterocycles. The average molecular weight is 551 g/mol. The Hall–Kier alpha value is -2.75. The molecule has 1 aromatic carbocycles. The molecule has 2 bridgehead atoms. The number of anilines is 1. The summed E-state index contributed by atoms with van der Waals surface area (Å²) in [5.41, 5.74) is 1.81. The molecule has 3 saturated heterocycles. The topological polar surface area (TPSA) is 100 Å². The number of fused-ring (bicyclic) bond motifs is 1. The second-order valence-electron chi connectivity index (χ2n) is 12.2. The molecule has 216 valence electrons. The first-order chi connectivity index (χ1) is 19.4. The van der Waals surface area contributed by atoms with E-state index in [1.54, 1.807) is 4.90 Å². The van der Waals surface area contributed by atoms with Crippen LogP contribution in [0.25, 0.3) is 0 Å². The molecule has 1 saturated carbocycles. The van der Waals surface area contributed by atoms with Crippen LogP contribution in [-0.2, 0) is 23.9 Å². The maximum Gasteiger partial charge on any atom is 0.246 e. The number of amides is 3. The molecule has 9 heteroatoms. The summed E-state index contributed by atoms with van der Waals surface area (Å²) in [7, 11) is 0. The highest BCUT2D eigenvalue weighted by Crippen LogP contribution is 2.55. The molecule has 5 aliphatic rings. The number of benzene rings is 1. The number of morpholine rings is 1. The first kappa shape index (κ1) is 27.4. The van der Waals surface area contributed by atoms with Gasteiger partial charge in [0.2, 0.25) is 17.7 Å². The number of nitrogens with zero attached hydrogens (tertiary/aromatic N) is 2. The van der Waals surface area contributed by atoms with Gasteiger partial charge in [-0.15, -0.1) is 0 Å². The van der Waals surface area contributed by atoms with Gasteiger partial charge in [-0.2, -0.15) is 0 Å². The van der Waals surface area contributed by atoms with E-state index in [1.165, 1.54) is 6.42 Å². The van der Waals surface area contributed by atoms with Gasteiger partial charge in [-0.05, 0) is 56.4 Å². The van der Waals surface area contributed by atoms with E-state index in [0.717, 1.165) is 76.1 Å². The third-order valence-electron chi connectivity index (χ3n) is 9.63. The third kappa shape index (κ3) is 4.97. The zero-order chi connectivity index (χ0) is 27.9. The van der Waals surface area contributed by atoms with E-state index in [4.69, 9.17) is 9.47 Å². The summed E-state index contributed by atoms with van der Waals surface area (Å²) in [6, 6.07) is 5.15. The van der Waals surface area contributed by atoms with Crippen LogP contribution < -0.4 is 10.6 Å². The second-order valence-corrected chi connectivity index (χ2v) is 12.2. The molecule has 0 radical (unpaired) electrons. The lowest BCUT2D eigenvalue weighted by molar-refractivity contribution is -0.141. The third-order valence-corrected chi connectivity index (χ3v) is 9.63. The largest absolute Gasteiger partial charge is 0.379 e. The van der Waals surface area contributed by atoms with Gasteiger partial charge in [0, 0.05) is 37.9 Å². The van der Waals surface area contributed by atoms with Crippen LogP contribution in [0, 0.1) is 25.7 Å². The minimum Gasteiger partial charge on any atom is -0.379 e. The summed E-state index contributed by atoms with van der Waals surface area (Å²) < 4.78 is 12.0. The second kappa shape index (κ2) is 11.3. The highest BCUT2D eigenvalue weighted by atomic mass is 16.5. The summed E-state index contributed by atoms with van der Waals surface area (Å²) in [5.74, 6) is -1.96.